The average molecular weight is 157 g/mol. The Morgan fingerprint density at radius 3 is 3.09 bits per heavy atom. The second-order valence-corrected chi connectivity index (χ2v) is 2.79. The minimum absolute atomic E-state index is 0.121. The lowest BCUT2D eigenvalue weighted by atomic mass is 10.1. The number of ketones is 1. The Kier molecular flexibility index (Phi) is 3.52. The molecule has 1 unspecified atom stereocenters. The summed E-state index contributed by atoms with van der Waals surface area (Å²) in [6, 6.07) is 0. The van der Waals surface area contributed by atoms with Gasteiger partial charge < -0.3 is 10.1 Å². The summed E-state index contributed by atoms with van der Waals surface area (Å²) in [6.07, 6.45) is 1.32. The average Bonchev–Trinajstić information content (AvgIpc) is 2.06. The van der Waals surface area contributed by atoms with Crippen molar-refractivity contribution in [3.05, 3.63) is 0 Å². The second-order valence-electron chi connectivity index (χ2n) is 2.79. The highest BCUT2D eigenvalue weighted by Gasteiger charge is 2.15. The van der Waals surface area contributed by atoms with E-state index in [0.717, 1.165) is 19.7 Å². The van der Waals surface area contributed by atoms with Crippen molar-refractivity contribution in [2.24, 2.45) is 0 Å². The van der Waals surface area contributed by atoms with Crippen molar-refractivity contribution in [1.82, 2.24) is 5.32 Å². The molecule has 0 amide bonds. The minimum Gasteiger partial charge on any atom is -0.375 e. The maximum Gasteiger partial charge on any atom is 0.135 e. The monoisotopic (exact) mass is 157 g/mol. The fourth-order valence-corrected chi connectivity index (χ4v) is 1.15. The summed E-state index contributed by atoms with van der Waals surface area (Å²) >= 11 is 0. The van der Waals surface area contributed by atoms with Crippen LogP contribution < -0.4 is 5.32 Å². The van der Waals surface area contributed by atoms with E-state index < -0.39 is 0 Å². The molecule has 0 saturated carbocycles. The van der Waals surface area contributed by atoms with Gasteiger partial charge in [0, 0.05) is 25.9 Å². The SMILES string of the molecule is CCC(=O)CC1CNCCO1. The third-order valence-electron chi connectivity index (χ3n) is 1.85. The van der Waals surface area contributed by atoms with Gasteiger partial charge in [0.15, 0.2) is 0 Å². The van der Waals surface area contributed by atoms with Crippen LogP contribution in [0.1, 0.15) is 19.8 Å². The van der Waals surface area contributed by atoms with Crippen LogP contribution in [0, 0.1) is 0 Å². The topological polar surface area (TPSA) is 38.3 Å². The number of Topliss-reactive ketones (excluding diaryl/α,β-unsaturated/α-hetero) is 1. The smallest absolute Gasteiger partial charge is 0.135 e. The second kappa shape index (κ2) is 4.46. The van der Waals surface area contributed by atoms with E-state index in [-0.39, 0.29) is 6.10 Å². The molecule has 0 aliphatic carbocycles. The third-order valence-corrected chi connectivity index (χ3v) is 1.85. The first-order chi connectivity index (χ1) is 5.33. The van der Waals surface area contributed by atoms with E-state index in [0.29, 0.717) is 18.6 Å². The van der Waals surface area contributed by atoms with Crippen LogP contribution in [0.15, 0.2) is 0 Å². The van der Waals surface area contributed by atoms with E-state index in [4.69, 9.17) is 4.74 Å². The van der Waals surface area contributed by atoms with Crippen LogP contribution in [-0.2, 0) is 9.53 Å². The molecule has 1 aliphatic rings. The number of ether oxygens (including phenoxy) is 1. The highest BCUT2D eigenvalue weighted by molar-refractivity contribution is 5.78. The molecule has 1 fully saturated rings. The van der Waals surface area contributed by atoms with E-state index >= 15 is 0 Å². The standard InChI is InChI=1S/C8H15NO2/c1-2-7(10)5-8-6-9-3-4-11-8/h8-9H,2-6H2,1H3. The number of carbonyl (C=O) groups is 1. The highest BCUT2D eigenvalue weighted by Crippen LogP contribution is 2.03. The fraction of sp³-hybridized carbons (Fsp3) is 0.875. The predicted octanol–water partition coefficient (Wildman–Crippen LogP) is 0.344. The van der Waals surface area contributed by atoms with Gasteiger partial charge in [-0.2, -0.15) is 0 Å². The van der Waals surface area contributed by atoms with Gasteiger partial charge >= 0.3 is 0 Å². The summed E-state index contributed by atoms with van der Waals surface area (Å²) in [5, 5.41) is 3.19. The van der Waals surface area contributed by atoms with Crippen molar-refractivity contribution in [2.45, 2.75) is 25.9 Å². The lowest BCUT2D eigenvalue weighted by Gasteiger charge is -2.22. The molecule has 11 heavy (non-hydrogen) atoms. The lowest BCUT2D eigenvalue weighted by molar-refractivity contribution is -0.122. The van der Waals surface area contributed by atoms with Gasteiger partial charge in [0.25, 0.3) is 0 Å². The van der Waals surface area contributed by atoms with Crippen LogP contribution in [0.25, 0.3) is 0 Å². The Hall–Kier alpha value is -0.410. The summed E-state index contributed by atoms with van der Waals surface area (Å²) in [4.78, 5) is 11.0. The molecule has 0 radical (unpaired) electrons. The van der Waals surface area contributed by atoms with Crippen LogP contribution in [0.2, 0.25) is 0 Å². The summed E-state index contributed by atoms with van der Waals surface area (Å²) < 4.78 is 5.37. The molecule has 0 aromatic rings. The third kappa shape index (κ3) is 2.99. The molecule has 64 valence electrons. The Labute approximate surface area is 67.1 Å². The number of rotatable bonds is 3. The van der Waals surface area contributed by atoms with Crippen LogP contribution in [0.5, 0.6) is 0 Å². The van der Waals surface area contributed by atoms with Crippen LogP contribution >= 0.6 is 0 Å². The van der Waals surface area contributed by atoms with E-state index in [2.05, 4.69) is 5.32 Å². The molecule has 1 aliphatic heterocycles. The van der Waals surface area contributed by atoms with E-state index in [1.165, 1.54) is 0 Å². The first-order valence-electron chi connectivity index (χ1n) is 4.17. The van der Waals surface area contributed by atoms with Gasteiger partial charge in [-0.05, 0) is 0 Å². The number of morpholine rings is 1. The maximum atomic E-state index is 11.0. The van der Waals surface area contributed by atoms with Gasteiger partial charge in [-0.3, -0.25) is 4.79 Å². The zero-order chi connectivity index (χ0) is 8.10. The van der Waals surface area contributed by atoms with Crippen LogP contribution in [0.4, 0.5) is 0 Å². The number of hydrogen-bond acceptors (Lipinski definition) is 3. The first-order valence-corrected chi connectivity index (χ1v) is 4.17. The van der Waals surface area contributed by atoms with E-state index in [9.17, 15) is 4.79 Å². The van der Waals surface area contributed by atoms with E-state index in [1.807, 2.05) is 6.92 Å². The zero-order valence-corrected chi connectivity index (χ0v) is 6.93. The van der Waals surface area contributed by atoms with Crippen molar-refractivity contribution in [1.29, 1.82) is 0 Å². The molecule has 1 rings (SSSR count). The first kappa shape index (κ1) is 8.68. The van der Waals surface area contributed by atoms with Gasteiger partial charge in [-0.25, -0.2) is 0 Å². The van der Waals surface area contributed by atoms with Crippen LogP contribution in [0.3, 0.4) is 0 Å². The zero-order valence-electron chi connectivity index (χ0n) is 6.93. The van der Waals surface area contributed by atoms with Gasteiger partial charge in [0.1, 0.15) is 5.78 Å². The Balaban J connectivity index is 2.19. The largest absolute Gasteiger partial charge is 0.375 e. The van der Waals surface area contributed by atoms with Gasteiger partial charge in [-0.15, -0.1) is 0 Å². The molecule has 1 N–H and O–H groups in total. The number of carbonyl (C=O) groups excluding carboxylic acids is 1. The lowest BCUT2D eigenvalue weighted by Crippen LogP contribution is -2.39. The molecule has 0 bridgehead atoms. The van der Waals surface area contributed by atoms with Gasteiger partial charge in [0.05, 0.1) is 12.7 Å². The number of hydrogen-bond donors (Lipinski definition) is 1. The normalized spacial score (nSPS) is 25.0. The molecule has 0 aromatic heterocycles. The fourth-order valence-electron chi connectivity index (χ4n) is 1.15. The molecule has 0 aromatic carbocycles. The summed E-state index contributed by atoms with van der Waals surface area (Å²) in [5.74, 6) is 0.290. The molecule has 3 heteroatoms. The van der Waals surface area contributed by atoms with Gasteiger partial charge in [0.2, 0.25) is 0 Å². The Morgan fingerprint density at radius 2 is 2.55 bits per heavy atom. The molecule has 1 atom stereocenters. The van der Waals surface area contributed by atoms with Gasteiger partial charge in [-0.1, -0.05) is 6.92 Å². The Bertz CT molecular complexity index is 130. The number of nitrogens with one attached hydrogen (secondary N) is 1. The quantitative estimate of drug-likeness (QED) is 0.642. The predicted molar refractivity (Wildman–Crippen MR) is 42.5 cm³/mol. The summed E-state index contributed by atoms with van der Waals surface area (Å²) in [7, 11) is 0. The maximum absolute atomic E-state index is 11.0. The van der Waals surface area contributed by atoms with Crippen molar-refractivity contribution in [3.63, 3.8) is 0 Å². The molecular formula is C8H15NO2. The molecular weight excluding hydrogens is 142 g/mol. The highest BCUT2D eigenvalue weighted by atomic mass is 16.5. The molecule has 1 saturated heterocycles. The van der Waals surface area contributed by atoms with Crippen molar-refractivity contribution < 1.29 is 9.53 Å². The summed E-state index contributed by atoms with van der Waals surface area (Å²) in [5.41, 5.74) is 0. The molecule has 0 spiro atoms. The van der Waals surface area contributed by atoms with E-state index in [1.54, 1.807) is 0 Å². The molecule has 3 nitrogen and oxygen atoms in total. The summed E-state index contributed by atoms with van der Waals surface area (Å²) in [6.45, 7) is 4.36. The molecule has 1 heterocycles. The van der Waals surface area contributed by atoms with Crippen molar-refractivity contribution >= 4 is 5.78 Å². The van der Waals surface area contributed by atoms with Crippen molar-refractivity contribution in [3.8, 4) is 0 Å². The minimum atomic E-state index is 0.121. The van der Waals surface area contributed by atoms with Crippen molar-refractivity contribution in [2.75, 3.05) is 19.7 Å². The van der Waals surface area contributed by atoms with Crippen LogP contribution in [-0.4, -0.2) is 31.6 Å². The Morgan fingerprint density at radius 1 is 1.73 bits per heavy atom.